The highest BCUT2D eigenvalue weighted by Gasteiger charge is 2.20. The highest BCUT2D eigenvalue weighted by molar-refractivity contribution is 5.79. The Morgan fingerprint density at radius 2 is 1.68 bits per heavy atom. The molecule has 2 rings (SSSR count). The number of hydrogen-bond acceptors (Lipinski definition) is 3. The van der Waals surface area contributed by atoms with Crippen molar-refractivity contribution in [2.24, 2.45) is 5.92 Å². The molecule has 0 aliphatic carbocycles. The Kier molecular flexibility index (Phi) is 7.64. The quantitative estimate of drug-likeness (QED) is 0.735. The number of rotatable bonds is 9. The van der Waals surface area contributed by atoms with Gasteiger partial charge in [-0.3, -0.25) is 4.79 Å². The molecule has 0 radical (unpaired) electrons. The summed E-state index contributed by atoms with van der Waals surface area (Å²) in [5.41, 5.74) is 3.24. The van der Waals surface area contributed by atoms with Gasteiger partial charge in [-0.05, 0) is 30.0 Å². The summed E-state index contributed by atoms with van der Waals surface area (Å²) < 4.78 is 5.75. The predicted molar refractivity (Wildman–Crippen MR) is 98.7 cm³/mol. The van der Waals surface area contributed by atoms with Crippen LogP contribution >= 0.6 is 0 Å². The van der Waals surface area contributed by atoms with E-state index in [-0.39, 0.29) is 11.8 Å². The molecule has 0 heterocycles. The normalized spacial score (nSPS) is 13.2. The third-order valence-electron chi connectivity index (χ3n) is 4.20. The Morgan fingerprint density at radius 3 is 2.36 bits per heavy atom. The van der Waals surface area contributed by atoms with Crippen molar-refractivity contribution in [2.45, 2.75) is 46.1 Å². The molecule has 4 nitrogen and oxygen atoms in total. The van der Waals surface area contributed by atoms with E-state index in [1.165, 1.54) is 0 Å². The van der Waals surface area contributed by atoms with E-state index < -0.39 is 6.10 Å². The molecule has 0 aliphatic rings. The van der Waals surface area contributed by atoms with Crippen molar-refractivity contribution in [3.8, 4) is 0 Å². The summed E-state index contributed by atoms with van der Waals surface area (Å²) in [4.78, 5) is 12.1. The summed E-state index contributed by atoms with van der Waals surface area (Å²) in [7, 11) is 0. The van der Waals surface area contributed by atoms with Crippen molar-refractivity contribution in [3.05, 3.63) is 71.3 Å². The molecule has 0 bridgehead atoms. The molecule has 2 N–H and O–H groups in total. The second kappa shape index (κ2) is 9.97. The molecule has 0 saturated carbocycles. The van der Waals surface area contributed by atoms with Gasteiger partial charge in [-0.1, -0.05) is 61.5 Å². The first-order valence-corrected chi connectivity index (χ1v) is 8.75. The van der Waals surface area contributed by atoms with E-state index in [4.69, 9.17) is 4.74 Å². The summed E-state index contributed by atoms with van der Waals surface area (Å²) in [6, 6.07) is 18.1. The van der Waals surface area contributed by atoms with Gasteiger partial charge in [-0.25, -0.2) is 0 Å². The van der Waals surface area contributed by atoms with E-state index >= 15 is 0 Å². The molecule has 134 valence electrons. The highest BCUT2D eigenvalue weighted by Crippen LogP contribution is 2.11. The fourth-order valence-corrected chi connectivity index (χ4v) is 2.76. The van der Waals surface area contributed by atoms with Gasteiger partial charge in [0.2, 0.25) is 5.91 Å². The smallest absolute Gasteiger partial charge is 0.225 e. The standard InChI is InChI=1S/C21H27NO3/c1-3-20(16(2)23)21(24)22-13-18-10-7-11-19(12-18)15-25-14-17-8-5-4-6-9-17/h4-12,16,20,23H,3,13-15H2,1-2H3,(H,22,24)/t16-,20-/m0/s1. The summed E-state index contributed by atoms with van der Waals surface area (Å²) in [6.07, 6.45) is -0.0145. The van der Waals surface area contributed by atoms with Gasteiger partial charge in [0.05, 0.1) is 25.2 Å². The van der Waals surface area contributed by atoms with Gasteiger partial charge >= 0.3 is 0 Å². The molecule has 0 aliphatic heterocycles. The van der Waals surface area contributed by atoms with Crippen LogP contribution in [0.1, 0.15) is 37.0 Å². The zero-order chi connectivity index (χ0) is 18.1. The lowest BCUT2D eigenvalue weighted by atomic mass is 9.99. The van der Waals surface area contributed by atoms with Gasteiger partial charge in [0.25, 0.3) is 0 Å². The van der Waals surface area contributed by atoms with E-state index in [0.29, 0.717) is 26.2 Å². The Morgan fingerprint density at radius 1 is 1.04 bits per heavy atom. The predicted octanol–water partition coefficient (Wildman–Crippen LogP) is 3.43. The van der Waals surface area contributed by atoms with Gasteiger partial charge in [-0.15, -0.1) is 0 Å². The van der Waals surface area contributed by atoms with Crippen molar-refractivity contribution in [3.63, 3.8) is 0 Å². The first-order chi connectivity index (χ1) is 12.1. The summed E-state index contributed by atoms with van der Waals surface area (Å²) in [5.74, 6) is -0.472. The van der Waals surface area contributed by atoms with Gasteiger partial charge in [0.1, 0.15) is 0 Å². The Balaban J connectivity index is 1.83. The van der Waals surface area contributed by atoms with Gasteiger partial charge in [0, 0.05) is 6.54 Å². The zero-order valence-corrected chi connectivity index (χ0v) is 14.9. The number of nitrogens with one attached hydrogen (secondary N) is 1. The van der Waals surface area contributed by atoms with Crippen LogP contribution in [0, 0.1) is 5.92 Å². The first kappa shape index (κ1) is 19.2. The molecular weight excluding hydrogens is 314 g/mol. The largest absolute Gasteiger partial charge is 0.393 e. The lowest BCUT2D eigenvalue weighted by Gasteiger charge is -2.17. The van der Waals surface area contributed by atoms with Crippen LogP contribution in [0.15, 0.2) is 54.6 Å². The van der Waals surface area contributed by atoms with Crippen molar-refractivity contribution < 1.29 is 14.6 Å². The number of amides is 1. The Bertz CT molecular complexity index is 655. The fourth-order valence-electron chi connectivity index (χ4n) is 2.76. The van der Waals surface area contributed by atoms with Gasteiger partial charge in [-0.2, -0.15) is 0 Å². The SMILES string of the molecule is CC[C@H](C(=O)NCc1cccc(COCc2ccccc2)c1)[C@H](C)O. The Hall–Kier alpha value is -2.17. The second-order valence-electron chi connectivity index (χ2n) is 6.27. The highest BCUT2D eigenvalue weighted by atomic mass is 16.5. The molecule has 2 aromatic rings. The molecule has 25 heavy (non-hydrogen) atoms. The van der Waals surface area contributed by atoms with Crippen molar-refractivity contribution in [2.75, 3.05) is 0 Å². The minimum atomic E-state index is -0.636. The number of ether oxygens (including phenoxy) is 1. The average Bonchev–Trinajstić information content (AvgIpc) is 2.61. The maximum Gasteiger partial charge on any atom is 0.225 e. The molecule has 2 aromatic carbocycles. The molecule has 0 fully saturated rings. The van der Waals surface area contributed by atoms with Gasteiger partial charge in [0.15, 0.2) is 0 Å². The summed E-state index contributed by atoms with van der Waals surface area (Å²) in [6.45, 7) is 5.12. The maximum atomic E-state index is 12.1. The fraction of sp³-hybridized carbons (Fsp3) is 0.381. The lowest BCUT2D eigenvalue weighted by molar-refractivity contribution is -0.128. The number of aliphatic hydroxyl groups excluding tert-OH is 1. The molecule has 0 unspecified atom stereocenters. The van der Waals surface area contributed by atoms with Crippen LogP contribution in [0.4, 0.5) is 0 Å². The number of aliphatic hydroxyl groups is 1. The maximum absolute atomic E-state index is 12.1. The monoisotopic (exact) mass is 341 g/mol. The minimum Gasteiger partial charge on any atom is -0.393 e. The molecule has 4 heteroatoms. The Labute approximate surface area is 149 Å². The minimum absolute atomic E-state index is 0.108. The van der Waals surface area contributed by atoms with Crippen molar-refractivity contribution in [1.82, 2.24) is 5.32 Å². The first-order valence-electron chi connectivity index (χ1n) is 8.75. The number of benzene rings is 2. The second-order valence-corrected chi connectivity index (χ2v) is 6.27. The summed E-state index contributed by atoms with van der Waals surface area (Å²) >= 11 is 0. The topological polar surface area (TPSA) is 58.6 Å². The van der Waals surface area contributed by atoms with Crippen molar-refractivity contribution in [1.29, 1.82) is 0 Å². The molecule has 0 saturated heterocycles. The zero-order valence-electron chi connectivity index (χ0n) is 14.9. The van der Waals surface area contributed by atoms with Crippen LogP contribution in [-0.2, 0) is 29.3 Å². The lowest BCUT2D eigenvalue weighted by Crippen LogP contribution is -2.35. The molecule has 0 aromatic heterocycles. The van der Waals surface area contributed by atoms with Crippen LogP contribution in [0.3, 0.4) is 0 Å². The van der Waals surface area contributed by atoms with E-state index in [1.807, 2.05) is 61.5 Å². The average molecular weight is 341 g/mol. The molecule has 2 atom stereocenters. The van der Waals surface area contributed by atoms with E-state index in [0.717, 1.165) is 16.7 Å². The summed E-state index contributed by atoms with van der Waals surface area (Å²) in [5, 5.41) is 12.5. The van der Waals surface area contributed by atoms with E-state index in [1.54, 1.807) is 6.92 Å². The molecular formula is C21H27NO3. The van der Waals surface area contributed by atoms with E-state index in [9.17, 15) is 9.90 Å². The number of carbonyl (C=O) groups is 1. The van der Waals surface area contributed by atoms with Crippen molar-refractivity contribution >= 4 is 5.91 Å². The van der Waals surface area contributed by atoms with Gasteiger partial charge < -0.3 is 15.2 Å². The third-order valence-corrected chi connectivity index (χ3v) is 4.20. The van der Waals surface area contributed by atoms with Crippen LogP contribution in [0.25, 0.3) is 0 Å². The number of hydrogen-bond donors (Lipinski definition) is 2. The molecule has 0 spiro atoms. The van der Waals surface area contributed by atoms with Crippen LogP contribution in [-0.4, -0.2) is 17.1 Å². The van der Waals surface area contributed by atoms with E-state index in [2.05, 4.69) is 5.32 Å². The third kappa shape index (κ3) is 6.33. The molecule has 1 amide bonds. The van der Waals surface area contributed by atoms with Crippen LogP contribution in [0.2, 0.25) is 0 Å². The number of carbonyl (C=O) groups excluding carboxylic acids is 1. The van der Waals surface area contributed by atoms with Crippen LogP contribution in [0.5, 0.6) is 0 Å². The van der Waals surface area contributed by atoms with Crippen LogP contribution < -0.4 is 5.32 Å².